The Hall–Kier alpha value is -1.76. The second-order valence-electron chi connectivity index (χ2n) is 3.81. The molecule has 0 heterocycles. The highest BCUT2D eigenvalue weighted by Gasteiger charge is 2.14. The fraction of sp³-hybridized carbons (Fsp3) is 0.0714. The zero-order valence-electron chi connectivity index (χ0n) is 10.2. The summed E-state index contributed by atoms with van der Waals surface area (Å²) >= 11 is 2.19. The molecule has 0 radical (unpaired) electrons. The van der Waals surface area contributed by atoms with Gasteiger partial charge in [0.25, 0.3) is 0 Å². The summed E-state index contributed by atoms with van der Waals surface area (Å²) in [4.78, 5) is 11.7. The molecule has 0 aliphatic heterocycles. The molecule has 98 valence electrons. The van der Waals surface area contributed by atoms with Crippen LogP contribution in [0.15, 0.2) is 42.5 Å². The Labute approximate surface area is 124 Å². The van der Waals surface area contributed by atoms with Crippen LogP contribution >= 0.6 is 22.6 Å². The van der Waals surface area contributed by atoms with Crippen molar-refractivity contribution >= 4 is 34.2 Å². The lowest BCUT2D eigenvalue weighted by Crippen LogP contribution is -2.04. The smallest absolute Gasteiger partial charge is 0.341 e. The largest absolute Gasteiger partial charge is 0.465 e. The fourth-order valence-electron chi connectivity index (χ4n) is 1.56. The molecule has 0 amide bonds. The molecule has 5 heteroatoms. The van der Waals surface area contributed by atoms with Crippen molar-refractivity contribution < 1.29 is 14.3 Å². The maximum absolute atomic E-state index is 11.7. The van der Waals surface area contributed by atoms with Crippen LogP contribution in [0.3, 0.4) is 0 Å². The number of carbonyl (C=O) groups excluding carboxylic acids is 1. The third-order valence-electron chi connectivity index (χ3n) is 2.43. The Morgan fingerprint density at radius 1 is 1.21 bits per heavy atom. The molecule has 19 heavy (non-hydrogen) atoms. The Morgan fingerprint density at radius 3 is 2.68 bits per heavy atom. The molecule has 0 aromatic heterocycles. The summed E-state index contributed by atoms with van der Waals surface area (Å²) in [5.74, 6) is 0.595. The van der Waals surface area contributed by atoms with Gasteiger partial charge < -0.3 is 15.2 Å². The zero-order chi connectivity index (χ0) is 13.8. The average molecular weight is 369 g/mol. The summed E-state index contributed by atoms with van der Waals surface area (Å²) < 4.78 is 11.5. The number of ether oxygens (including phenoxy) is 2. The Bertz CT molecular complexity index is 613. The van der Waals surface area contributed by atoms with Crippen molar-refractivity contribution in [2.24, 2.45) is 0 Å². The van der Waals surface area contributed by atoms with Crippen LogP contribution in [0, 0.1) is 3.57 Å². The standard InChI is InChI=1S/C14H12INO3/c1-18-14(17)12-8-10(16)5-6-13(12)19-11-4-2-3-9(15)7-11/h2-8H,16H2,1H3. The number of nitrogens with two attached hydrogens (primary N) is 1. The second-order valence-corrected chi connectivity index (χ2v) is 5.05. The van der Waals surface area contributed by atoms with Crippen molar-refractivity contribution in [3.05, 3.63) is 51.6 Å². The van der Waals surface area contributed by atoms with Gasteiger partial charge in [-0.05, 0) is 59.0 Å². The molecule has 4 nitrogen and oxygen atoms in total. The molecular formula is C14H12INO3. The molecule has 0 saturated carbocycles. The molecule has 0 aliphatic rings. The first-order valence-corrected chi connectivity index (χ1v) is 6.59. The van der Waals surface area contributed by atoms with Gasteiger partial charge in [-0.2, -0.15) is 0 Å². The van der Waals surface area contributed by atoms with Crippen molar-refractivity contribution in [2.45, 2.75) is 0 Å². The monoisotopic (exact) mass is 369 g/mol. The van der Waals surface area contributed by atoms with Gasteiger partial charge in [-0.25, -0.2) is 4.79 Å². The van der Waals surface area contributed by atoms with Gasteiger partial charge in [0.05, 0.1) is 7.11 Å². The fourth-order valence-corrected chi connectivity index (χ4v) is 2.08. The Kier molecular flexibility index (Phi) is 4.26. The van der Waals surface area contributed by atoms with E-state index in [1.165, 1.54) is 13.2 Å². The molecule has 0 saturated heterocycles. The number of nitrogen functional groups attached to an aromatic ring is 1. The van der Waals surface area contributed by atoms with Crippen LogP contribution in [0.5, 0.6) is 11.5 Å². The van der Waals surface area contributed by atoms with E-state index in [1.807, 2.05) is 24.3 Å². The van der Waals surface area contributed by atoms with Crippen LogP contribution in [-0.2, 0) is 4.74 Å². The maximum Gasteiger partial charge on any atom is 0.341 e. The topological polar surface area (TPSA) is 61.5 Å². The van der Waals surface area contributed by atoms with Gasteiger partial charge in [0.2, 0.25) is 0 Å². The van der Waals surface area contributed by atoms with Crippen LogP contribution < -0.4 is 10.5 Å². The minimum Gasteiger partial charge on any atom is -0.465 e. The van der Waals surface area contributed by atoms with Crippen LogP contribution in [0.25, 0.3) is 0 Å². The number of halogens is 1. The molecule has 2 aromatic carbocycles. The molecule has 2 aromatic rings. The van der Waals surface area contributed by atoms with Gasteiger partial charge in [-0.1, -0.05) is 6.07 Å². The Balaban J connectivity index is 2.37. The summed E-state index contributed by atoms with van der Waals surface area (Å²) in [6.07, 6.45) is 0. The molecule has 0 bridgehead atoms. The molecule has 0 atom stereocenters. The van der Waals surface area contributed by atoms with Crippen LogP contribution in [0.1, 0.15) is 10.4 Å². The van der Waals surface area contributed by atoms with E-state index in [2.05, 4.69) is 22.6 Å². The second kappa shape index (κ2) is 5.92. The highest BCUT2D eigenvalue weighted by Crippen LogP contribution is 2.28. The summed E-state index contributed by atoms with van der Waals surface area (Å²) in [6.45, 7) is 0. The summed E-state index contributed by atoms with van der Waals surface area (Å²) in [7, 11) is 1.32. The van der Waals surface area contributed by atoms with Gasteiger partial charge in [0, 0.05) is 9.26 Å². The molecule has 0 aliphatic carbocycles. The SMILES string of the molecule is COC(=O)c1cc(N)ccc1Oc1cccc(I)c1. The van der Waals surface area contributed by atoms with Gasteiger partial charge >= 0.3 is 5.97 Å². The molecular weight excluding hydrogens is 357 g/mol. The molecule has 0 spiro atoms. The minimum atomic E-state index is -0.479. The van der Waals surface area contributed by atoms with Crippen molar-refractivity contribution in [3.63, 3.8) is 0 Å². The van der Waals surface area contributed by atoms with E-state index in [0.717, 1.165) is 3.57 Å². The number of carbonyl (C=O) groups is 1. The third-order valence-corrected chi connectivity index (χ3v) is 3.10. The number of esters is 1. The summed E-state index contributed by atoms with van der Waals surface area (Å²) in [6, 6.07) is 12.4. The van der Waals surface area contributed by atoms with E-state index < -0.39 is 5.97 Å². The number of hydrogen-bond donors (Lipinski definition) is 1. The van der Waals surface area contributed by atoms with E-state index in [9.17, 15) is 4.79 Å². The molecule has 0 unspecified atom stereocenters. The lowest BCUT2D eigenvalue weighted by Gasteiger charge is -2.10. The van der Waals surface area contributed by atoms with E-state index in [0.29, 0.717) is 22.7 Å². The number of hydrogen-bond acceptors (Lipinski definition) is 4. The summed E-state index contributed by atoms with van der Waals surface area (Å²) in [5.41, 5.74) is 6.46. The zero-order valence-corrected chi connectivity index (χ0v) is 12.4. The van der Waals surface area contributed by atoms with Gasteiger partial charge in [0.15, 0.2) is 0 Å². The molecule has 2 rings (SSSR count). The van der Waals surface area contributed by atoms with E-state index in [4.69, 9.17) is 15.2 Å². The maximum atomic E-state index is 11.7. The van der Waals surface area contributed by atoms with Gasteiger partial charge in [-0.3, -0.25) is 0 Å². The predicted molar refractivity (Wildman–Crippen MR) is 81.4 cm³/mol. The van der Waals surface area contributed by atoms with Crippen molar-refractivity contribution in [2.75, 3.05) is 12.8 Å². The highest BCUT2D eigenvalue weighted by atomic mass is 127. The van der Waals surface area contributed by atoms with Crippen molar-refractivity contribution in [3.8, 4) is 11.5 Å². The average Bonchev–Trinajstić information content (AvgIpc) is 2.40. The van der Waals surface area contributed by atoms with Crippen LogP contribution in [0.4, 0.5) is 5.69 Å². The first-order chi connectivity index (χ1) is 9.10. The lowest BCUT2D eigenvalue weighted by atomic mass is 10.2. The third kappa shape index (κ3) is 3.37. The molecule has 2 N–H and O–H groups in total. The quantitative estimate of drug-likeness (QED) is 0.512. The number of methoxy groups -OCH3 is 1. The normalized spacial score (nSPS) is 10.0. The van der Waals surface area contributed by atoms with Crippen LogP contribution in [-0.4, -0.2) is 13.1 Å². The first-order valence-electron chi connectivity index (χ1n) is 5.51. The van der Waals surface area contributed by atoms with E-state index in [1.54, 1.807) is 12.1 Å². The lowest BCUT2D eigenvalue weighted by molar-refractivity contribution is 0.0598. The van der Waals surface area contributed by atoms with Crippen LogP contribution in [0.2, 0.25) is 0 Å². The summed E-state index contributed by atoms with van der Waals surface area (Å²) in [5, 5.41) is 0. The molecule has 0 fully saturated rings. The van der Waals surface area contributed by atoms with Crippen molar-refractivity contribution in [1.29, 1.82) is 0 Å². The van der Waals surface area contributed by atoms with E-state index >= 15 is 0 Å². The number of anilines is 1. The first kappa shape index (κ1) is 13.7. The van der Waals surface area contributed by atoms with Crippen molar-refractivity contribution in [1.82, 2.24) is 0 Å². The minimum absolute atomic E-state index is 0.307. The van der Waals surface area contributed by atoms with Gasteiger partial charge in [0.1, 0.15) is 17.1 Å². The highest BCUT2D eigenvalue weighted by molar-refractivity contribution is 14.1. The predicted octanol–water partition coefficient (Wildman–Crippen LogP) is 3.45. The van der Waals surface area contributed by atoms with E-state index in [-0.39, 0.29) is 0 Å². The Morgan fingerprint density at radius 2 is 2.00 bits per heavy atom. The number of rotatable bonds is 3. The van der Waals surface area contributed by atoms with Gasteiger partial charge in [-0.15, -0.1) is 0 Å². The number of benzene rings is 2.